The third-order valence-corrected chi connectivity index (χ3v) is 6.47. The Hall–Kier alpha value is -2.87. The van der Waals surface area contributed by atoms with Crippen LogP contribution in [0.5, 0.6) is 0 Å². The SMILES string of the molecule is CCN(CCNC(=O)C1CCCN(c2nnc(-n3cccc3)s2)C1)c1ccccc1. The standard InChI is InChI=1S/C22H28N6OS/c1-2-26(19-10-4-3-5-11-19)16-12-23-20(29)18-9-8-15-28(17-18)22-25-24-21(30-22)27-13-6-7-14-27/h3-7,10-11,13-14,18H,2,8-9,12,15-17H2,1H3,(H,23,29). The van der Waals surface area contributed by atoms with Crippen LogP contribution < -0.4 is 15.1 Å². The van der Waals surface area contributed by atoms with Crippen molar-refractivity contribution >= 4 is 28.1 Å². The second-order valence-corrected chi connectivity index (χ2v) is 8.38. The van der Waals surface area contributed by atoms with Crippen LogP contribution in [0.4, 0.5) is 10.8 Å². The Morgan fingerprint density at radius 1 is 1.17 bits per heavy atom. The molecule has 0 aliphatic carbocycles. The summed E-state index contributed by atoms with van der Waals surface area (Å²) in [5.41, 5.74) is 1.19. The molecule has 30 heavy (non-hydrogen) atoms. The van der Waals surface area contributed by atoms with E-state index in [-0.39, 0.29) is 11.8 Å². The lowest BCUT2D eigenvalue weighted by Crippen LogP contribution is -2.44. The zero-order chi connectivity index (χ0) is 20.8. The van der Waals surface area contributed by atoms with Gasteiger partial charge in [-0.05, 0) is 44.0 Å². The van der Waals surface area contributed by atoms with Gasteiger partial charge >= 0.3 is 0 Å². The number of hydrogen-bond acceptors (Lipinski definition) is 6. The molecule has 0 spiro atoms. The van der Waals surface area contributed by atoms with Crippen molar-refractivity contribution < 1.29 is 4.79 Å². The summed E-state index contributed by atoms with van der Waals surface area (Å²) in [4.78, 5) is 17.3. The first-order chi connectivity index (χ1) is 14.7. The number of hydrogen-bond donors (Lipinski definition) is 1. The lowest BCUT2D eigenvalue weighted by atomic mass is 9.97. The molecular formula is C22H28N6OS. The molecule has 1 aliphatic rings. The first-order valence-electron chi connectivity index (χ1n) is 10.5. The van der Waals surface area contributed by atoms with Crippen molar-refractivity contribution in [2.45, 2.75) is 19.8 Å². The largest absolute Gasteiger partial charge is 0.370 e. The average Bonchev–Trinajstić information content (AvgIpc) is 3.49. The number of rotatable bonds is 8. The van der Waals surface area contributed by atoms with Crippen molar-refractivity contribution in [1.82, 2.24) is 20.1 Å². The summed E-state index contributed by atoms with van der Waals surface area (Å²) >= 11 is 1.56. The molecule has 0 bridgehead atoms. The van der Waals surface area contributed by atoms with Crippen molar-refractivity contribution in [2.75, 3.05) is 42.5 Å². The van der Waals surface area contributed by atoms with Gasteiger partial charge in [-0.25, -0.2) is 0 Å². The summed E-state index contributed by atoms with van der Waals surface area (Å²) < 4.78 is 1.96. The molecule has 1 N–H and O–H groups in total. The van der Waals surface area contributed by atoms with E-state index in [0.717, 1.165) is 42.7 Å². The number of carbonyl (C=O) groups excluding carboxylic acids is 1. The summed E-state index contributed by atoms with van der Waals surface area (Å²) in [5, 5.41) is 13.5. The monoisotopic (exact) mass is 424 g/mol. The number of likely N-dealkylation sites (N-methyl/N-ethyl adjacent to an activating group) is 1. The summed E-state index contributed by atoms with van der Waals surface area (Å²) in [5.74, 6) is 0.128. The van der Waals surface area contributed by atoms with Gasteiger partial charge in [0.2, 0.25) is 16.2 Å². The molecule has 0 radical (unpaired) electrons. The number of carbonyl (C=O) groups is 1. The number of nitrogens with one attached hydrogen (secondary N) is 1. The van der Waals surface area contributed by atoms with Crippen LogP contribution in [0, 0.1) is 5.92 Å². The topological polar surface area (TPSA) is 66.3 Å². The van der Waals surface area contributed by atoms with E-state index in [9.17, 15) is 4.79 Å². The van der Waals surface area contributed by atoms with Gasteiger partial charge < -0.3 is 15.1 Å². The van der Waals surface area contributed by atoms with Gasteiger partial charge in [0.25, 0.3) is 0 Å². The van der Waals surface area contributed by atoms with Gasteiger partial charge in [0, 0.05) is 50.8 Å². The van der Waals surface area contributed by atoms with Crippen molar-refractivity contribution in [3.8, 4) is 5.13 Å². The fraction of sp³-hybridized carbons (Fsp3) is 0.409. The highest BCUT2D eigenvalue weighted by Gasteiger charge is 2.27. The number of anilines is 2. The molecule has 7 nitrogen and oxygen atoms in total. The smallest absolute Gasteiger partial charge is 0.224 e. The molecule has 1 fully saturated rings. The Morgan fingerprint density at radius 3 is 2.70 bits per heavy atom. The van der Waals surface area contributed by atoms with E-state index in [1.807, 2.05) is 47.3 Å². The number of aromatic nitrogens is 3. The maximum atomic E-state index is 12.8. The molecular weight excluding hydrogens is 396 g/mol. The van der Waals surface area contributed by atoms with Crippen molar-refractivity contribution in [3.05, 3.63) is 54.9 Å². The van der Waals surface area contributed by atoms with E-state index in [4.69, 9.17) is 0 Å². The summed E-state index contributed by atoms with van der Waals surface area (Å²) in [6, 6.07) is 14.3. The second kappa shape index (κ2) is 9.75. The zero-order valence-corrected chi connectivity index (χ0v) is 18.1. The van der Waals surface area contributed by atoms with Crippen LogP contribution in [0.15, 0.2) is 54.9 Å². The number of amides is 1. The van der Waals surface area contributed by atoms with Crippen LogP contribution in [0.1, 0.15) is 19.8 Å². The Labute approximate surface area is 181 Å². The molecule has 1 saturated heterocycles. The number of para-hydroxylation sites is 1. The van der Waals surface area contributed by atoms with E-state index in [2.05, 4.69) is 44.4 Å². The highest BCUT2D eigenvalue weighted by molar-refractivity contribution is 7.17. The lowest BCUT2D eigenvalue weighted by Gasteiger charge is -2.31. The van der Waals surface area contributed by atoms with Gasteiger partial charge in [-0.2, -0.15) is 0 Å². The van der Waals surface area contributed by atoms with Crippen LogP contribution >= 0.6 is 11.3 Å². The normalized spacial score (nSPS) is 16.4. The molecule has 8 heteroatoms. The molecule has 1 amide bonds. The molecule has 1 atom stereocenters. The first-order valence-corrected chi connectivity index (χ1v) is 11.4. The molecule has 2 aromatic heterocycles. The third kappa shape index (κ3) is 4.81. The zero-order valence-electron chi connectivity index (χ0n) is 17.3. The predicted molar refractivity (Wildman–Crippen MR) is 122 cm³/mol. The van der Waals surface area contributed by atoms with E-state index in [1.165, 1.54) is 5.69 Å². The van der Waals surface area contributed by atoms with E-state index >= 15 is 0 Å². The minimum absolute atomic E-state index is 0.00974. The minimum atomic E-state index is -0.00974. The van der Waals surface area contributed by atoms with Gasteiger partial charge in [0.1, 0.15) is 0 Å². The van der Waals surface area contributed by atoms with Crippen LogP contribution in [0.3, 0.4) is 0 Å². The van der Waals surface area contributed by atoms with E-state index in [1.54, 1.807) is 11.3 Å². The maximum absolute atomic E-state index is 12.8. The number of piperidine rings is 1. The fourth-order valence-electron chi connectivity index (χ4n) is 3.83. The fourth-order valence-corrected chi connectivity index (χ4v) is 4.68. The summed E-state index contributed by atoms with van der Waals surface area (Å²) in [6.07, 6.45) is 5.83. The molecule has 3 aromatic rings. The predicted octanol–water partition coefficient (Wildman–Crippen LogP) is 3.19. The molecule has 4 rings (SSSR count). The maximum Gasteiger partial charge on any atom is 0.224 e. The van der Waals surface area contributed by atoms with E-state index in [0.29, 0.717) is 13.1 Å². The Morgan fingerprint density at radius 2 is 1.93 bits per heavy atom. The second-order valence-electron chi connectivity index (χ2n) is 7.45. The van der Waals surface area contributed by atoms with Gasteiger partial charge in [0.15, 0.2) is 0 Å². The molecule has 0 saturated carbocycles. The van der Waals surface area contributed by atoms with Crippen molar-refractivity contribution in [1.29, 1.82) is 0 Å². The number of benzene rings is 1. The van der Waals surface area contributed by atoms with Crippen LogP contribution in [0.2, 0.25) is 0 Å². The van der Waals surface area contributed by atoms with Crippen LogP contribution in [-0.2, 0) is 4.79 Å². The number of nitrogens with zero attached hydrogens (tertiary/aromatic N) is 5. The molecule has 1 unspecified atom stereocenters. The average molecular weight is 425 g/mol. The minimum Gasteiger partial charge on any atom is -0.370 e. The summed E-state index contributed by atoms with van der Waals surface area (Å²) in [7, 11) is 0. The van der Waals surface area contributed by atoms with E-state index < -0.39 is 0 Å². The van der Waals surface area contributed by atoms with Gasteiger partial charge in [0.05, 0.1) is 5.92 Å². The van der Waals surface area contributed by atoms with Crippen molar-refractivity contribution in [3.63, 3.8) is 0 Å². The van der Waals surface area contributed by atoms with Gasteiger partial charge in [-0.1, -0.05) is 29.5 Å². The van der Waals surface area contributed by atoms with Crippen molar-refractivity contribution in [2.24, 2.45) is 5.92 Å². The quantitative estimate of drug-likeness (QED) is 0.602. The summed E-state index contributed by atoms with van der Waals surface area (Å²) in [6.45, 7) is 6.12. The van der Waals surface area contributed by atoms with Crippen LogP contribution in [0.25, 0.3) is 5.13 Å². The molecule has 158 valence electrons. The molecule has 1 aromatic carbocycles. The Kier molecular flexibility index (Phi) is 6.63. The highest BCUT2D eigenvalue weighted by atomic mass is 32.1. The molecule has 3 heterocycles. The third-order valence-electron chi connectivity index (χ3n) is 5.48. The Bertz CT molecular complexity index is 926. The van der Waals surface area contributed by atoms with Gasteiger partial charge in [-0.3, -0.25) is 9.36 Å². The molecule has 1 aliphatic heterocycles. The van der Waals surface area contributed by atoms with Gasteiger partial charge in [-0.15, -0.1) is 10.2 Å². The highest BCUT2D eigenvalue weighted by Crippen LogP contribution is 2.27. The lowest BCUT2D eigenvalue weighted by molar-refractivity contribution is -0.125. The first kappa shape index (κ1) is 20.4. The van der Waals surface area contributed by atoms with Crippen LogP contribution in [-0.4, -0.2) is 53.4 Å². The Balaban J connectivity index is 1.29.